The molecule has 0 N–H and O–H groups in total. The molecule has 0 aliphatic heterocycles. The van der Waals surface area contributed by atoms with E-state index in [4.69, 9.17) is 0 Å². The van der Waals surface area contributed by atoms with Crippen LogP contribution in [0.25, 0.3) is 0 Å². The highest BCUT2D eigenvalue weighted by Crippen LogP contribution is 2.29. The third kappa shape index (κ3) is 5.85. The first-order chi connectivity index (χ1) is 7.74. The summed E-state index contributed by atoms with van der Waals surface area (Å²) in [7, 11) is 0. The molecule has 90 valence electrons. The van der Waals surface area contributed by atoms with Crippen LogP contribution in [0.4, 0.5) is 0 Å². The number of nitrogens with zero attached hydrogens (tertiary/aromatic N) is 2. The number of hydrogen-bond donors (Lipinski definition) is 0. The van der Waals surface area contributed by atoms with Gasteiger partial charge in [0.2, 0.25) is 0 Å². The summed E-state index contributed by atoms with van der Waals surface area (Å²) >= 11 is 1.71. The molecule has 1 rings (SSSR count). The third-order valence-electron chi connectivity index (χ3n) is 1.71. The van der Waals surface area contributed by atoms with Crippen LogP contribution in [-0.2, 0) is 4.79 Å². The van der Waals surface area contributed by atoms with E-state index < -0.39 is 0 Å². The van der Waals surface area contributed by atoms with Crippen molar-refractivity contribution >= 4 is 17.5 Å². The van der Waals surface area contributed by atoms with Crippen LogP contribution in [0.1, 0.15) is 45.2 Å². The van der Waals surface area contributed by atoms with Crippen LogP contribution in [0.15, 0.2) is 18.5 Å². The second-order valence-corrected chi connectivity index (χ2v) is 4.44. The number of Topliss-reactive ketones (excluding diaryl/α,β-unsaturated/α-hetero) is 1. The molecular weight excluding hydrogens is 220 g/mol. The molecule has 0 bridgehead atoms. The Morgan fingerprint density at radius 2 is 1.94 bits per heavy atom. The Labute approximate surface area is 102 Å². The lowest BCUT2D eigenvalue weighted by Gasteiger charge is -2.11. The van der Waals surface area contributed by atoms with Gasteiger partial charge in [0.05, 0.1) is 5.25 Å². The molecule has 1 aromatic rings. The molecule has 0 saturated carbocycles. The monoisotopic (exact) mass is 240 g/mol. The van der Waals surface area contributed by atoms with Gasteiger partial charge in [-0.05, 0) is 18.7 Å². The summed E-state index contributed by atoms with van der Waals surface area (Å²) in [6, 6.07) is 1.78. The summed E-state index contributed by atoms with van der Waals surface area (Å²) in [6.45, 7) is 7.67. The molecule has 0 radical (unpaired) electrons. The van der Waals surface area contributed by atoms with Crippen molar-refractivity contribution in [3.05, 3.63) is 24.3 Å². The highest BCUT2D eigenvalue weighted by molar-refractivity contribution is 7.99. The molecular formula is C12H20N2OS. The second-order valence-electron chi connectivity index (χ2n) is 2.96. The first-order valence-electron chi connectivity index (χ1n) is 5.62. The van der Waals surface area contributed by atoms with E-state index in [0.29, 0.717) is 6.42 Å². The van der Waals surface area contributed by atoms with Gasteiger partial charge in [-0.2, -0.15) is 11.8 Å². The molecule has 1 atom stereocenters. The summed E-state index contributed by atoms with van der Waals surface area (Å²) in [5.74, 6) is 1.91. The minimum Gasteiger partial charge on any atom is -0.300 e. The molecule has 1 unspecified atom stereocenters. The summed E-state index contributed by atoms with van der Waals surface area (Å²) in [4.78, 5) is 19.4. The van der Waals surface area contributed by atoms with Crippen LogP contribution in [0, 0.1) is 0 Å². The van der Waals surface area contributed by atoms with E-state index in [0.717, 1.165) is 11.6 Å². The lowest BCUT2D eigenvalue weighted by atomic mass is 10.2. The zero-order valence-corrected chi connectivity index (χ0v) is 11.3. The van der Waals surface area contributed by atoms with Gasteiger partial charge in [0, 0.05) is 18.8 Å². The van der Waals surface area contributed by atoms with Crippen molar-refractivity contribution < 1.29 is 4.79 Å². The van der Waals surface area contributed by atoms with Crippen molar-refractivity contribution in [1.29, 1.82) is 0 Å². The lowest BCUT2D eigenvalue weighted by Crippen LogP contribution is -2.05. The Hall–Kier alpha value is -0.900. The third-order valence-corrected chi connectivity index (χ3v) is 2.83. The largest absolute Gasteiger partial charge is 0.300 e. The average molecular weight is 240 g/mol. The molecule has 0 saturated heterocycles. The smallest absolute Gasteiger partial charge is 0.141 e. The molecule has 0 aliphatic rings. The maximum Gasteiger partial charge on any atom is 0.141 e. The molecule has 1 heterocycles. The fourth-order valence-electron chi connectivity index (χ4n) is 1.16. The zero-order valence-electron chi connectivity index (χ0n) is 10.4. The van der Waals surface area contributed by atoms with Crippen molar-refractivity contribution in [2.45, 2.75) is 39.4 Å². The van der Waals surface area contributed by atoms with Crippen molar-refractivity contribution in [3.63, 3.8) is 0 Å². The molecule has 0 amide bonds. The minimum absolute atomic E-state index is 0.110. The minimum atomic E-state index is 0.110. The quantitative estimate of drug-likeness (QED) is 0.792. The Bertz CT molecular complexity index is 290. The van der Waals surface area contributed by atoms with Crippen LogP contribution < -0.4 is 0 Å². The van der Waals surface area contributed by atoms with Gasteiger partial charge in [-0.15, -0.1) is 0 Å². The van der Waals surface area contributed by atoms with Crippen LogP contribution >= 0.6 is 11.8 Å². The van der Waals surface area contributed by atoms with Crippen molar-refractivity contribution in [2.24, 2.45) is 0 Å². The number of carbonyl (C=O) groups excluding carboxylic acids is 1. The van der Waals surface area contributed by atoms with E-state index in [2.05, 4.69) is 16.9 Å². The predicted molar refractivity (Wildman–Crippen MR) is 69.6 cm³/mol. The van der Waals surface area contributed by atoms with Gasteiger partial charge < -0.3 is 0 Å². The van der Waals surface area contributed by atoms with Gasteiger partial charge in [-0.25, -0.2) is 9.97 Å². The van der Waals surface area contributed by atoms with Crippen molar-refractivity contribution in [2.75, 3.05) is 5.75 Å². The summed E-state index contributed by atoms with van der Waals surface area (Å²) in [6.07, 6.45) is 3.94. The Morgan fingerprint density at radius 3 is 2.38 bits per heavy atom. The predicted octanol–water partition coefficient (Wildman–Crippen LogP) is 3.28. The van der Waals surface area contributed by atoms with E-state index in [-0.39, 0.29) is 11.0 Å². The number of hydrogen-bond acceptors (Lipinski definition) is 4. The highest BCUT2D eigenvalue weighted by Gasteiger charge is 2.15. The maximum absolute atomic E-state index is 11.0. The molecule has 0 aliphatic carbocycles. The highest BCUT2D eigenvalue weighted by atomic mass is 32.2. The lowest BCUT2D eigenvalue weighted by molar-refractivity contribution is -0.117. The molecule has 1 aromatic heterocycles. The van der Waals surface area contributed by atoms with E-state index in [1.165, 1.54) is 0 Å². The van der Waals surface area contributed by atoms with E-state index in [9.17, 15) is 4.79 Å². The van der Waals surface area contributed by atoms with E-state index in [1.807, 2.05) is 13.8 Å². The molecule has 4 heteroatoms. The van der Waals surface area contributed by atoms with Crippen molar-refractivity contribution in [1.82, 2.24) is 9.97 Å². The number of ketones is 1. The second kappa shape index (κ2) is 9.33. The summed E-state index contributed by atoms with van der Waals surface area (Å²) < 4.78 is 0. The van der Waals surface area contributed by atoms with Crippen molar-refractivity contribution in [3.8, 4) is 0 Å². The standard InChI is InChI=1S/C10H14N2OS.C2H6/c1-3-14-9(7-8(2)13)10-11-5-4-6-12-10;1-2/h4-6,9H,3,7H2,1-2H3;1-2H3. The number of rotatable bonds is 5. The van der Waals surface area contributed by atoms with Crippen LogP contribution in [-0.4, -0.2) is 21.5 Å². The maximum atomic E-state index is 11.0. The first-order valence-corrected chi connectivity index (χ1v) is 6.67. The Morgan fingerprint density at radius 1 is 1.38 bits per heavy atom. The van der Waals surface area contributed by atoms with Gasteiger partial charge in [-0.1, -0.05) is 20.8 Å². The van der Waals surface area contributed by atoms with Crippen LogP contribution in [0.5, 0.6) is 0 Å². The zero-order chi connectivity index (χ0) is 12.4. The van der Waals surface area contributed by atoms with Gasteiger partial charge >= 0.3 is 0 Å². The average Bonchev–Trinajstić information content (AvgIpc) is 2.32. The molecule has 0 aromatic carbocycles. The fourth-order valence-corrected chi connectivity index (χ4v) is 2.19. The SMILES string of the molecule is CC.CCSC(CC(C)=O)c1ncccn1. The molecule has 16 heavy (non-hydrogen) atoms. The van der Waals surface area contributed by atoms with Crippen LogP contribution in [0.3, 0.4) is 0 Å². The fraction of sp³-hybridized carbons (Fsp3) is 0.583. The summed E-state index contributed by atoms with van der Waals surface area (Å²) in [5, 5.41) is 0.110. The van der Waals surface area contributed by atoms with Gasteiger partial charge in [0.25, 0.3) is 0 Å². The molecule has 0 spiro atoms. The van der Waals surface area contributed by atoms with E-state index >= 15 is 0 Å². The van der Waals surface area contributed by atoms with Gasteiger partial charge in [-0.3, -0.25) is 4.79 Å². The van der Waals surface area contributed by atoms with Gasteiger partial charge in [0.1, 0.15) is 11.6 Å². The topological polar surface area (TPSA) is 42.9 Å². The van der Waals surface area contributed by atoms with E-state index in [1.54, 1.807) is 37.1 Å². The number of thioether (sulfide) groups is 1. The first kappa shape index (κ1) is 15.1. The molecule has 0 fully saturated rings. The Balaban J connectivity index is 0.00000106. The van der Waals surface area contributed by atoms with Gasteiger partial charge in [0.15, 0.2) is 0 Å². The Kier molecular flexibility index (Phi) is 8.81. The number of aromatic nitrogens is 2. The van der Waals surface area contributed by atoms with Crippen LogP contribution in [0.2, 0.25) is 0 Å². The number of carbonyl (C=O) groups is 1. The molecule has 3 nitrogen and oxygen atoms in total. The normalized spacial score (nSPS) is 11.2. The summed E-state index contributed by atoms with van der Waals surface area (Å²) in [5.41, 5.74) is 0.